The fourth-order valence-corrected chi connectivity index (χ4v) is 3.52. The average Bonchev–Trinajstić information content (AvgIpc) is 2.72. The Morgan fingerprint density at radius 2 is 2.24 bits per heavy atom. The van der Waals surface area contributed by atoms with Gasteiger partial charge in [-0.2, -0.15) is 0 Å². The normalized spacial score (nSPS) is 32.6. The summed E-state index contributed by atoms with van der Waals surface area (Å²) in [6.45, 7) is 10.0. The van der Waals surface area contributed by atoms with E-state index in [9.17, 15) is 0 Å². The Labute approximate surface area is 108 Å². The summed E-state index contributed by atoms with van der Waals surface area (Å²) in [5.74, 6) is 0.562. The number of rotatable bonds is 2. The van der Waals surface area contributed by atoms with Crippen LogP contribution in [0.5, 0.6) is 0 Å². The number of nitrogens with zero attached hydrogens (tertiary/aromatic N) is 2. The molecule has 0 radical (unpaired) electrons. The van der Waals surface area contributed by atoms with Crippen molar-refractivity contribution in [2.75, 3.05) is 6.54 Å². The molecule has 2 heterocycles. The Bertz CT molecular complexity index is 376. The number of hydrogen-bond acceptors (Lipinski definition) is 4. The van der Waals surface area contributed by atoms with Gasteiger partial charge >= 0.3 is 0 Å². The summed E-state index contributed by atoms with van der Waals surface area (Å²) in [7, 11) is 0. The SMILES string of the molecule is Cc1cnc(C(C)N2CCC(N)C(C)C2C)s1. The summed E-state index contributed by atoms with van der Waals surface area (Å²) < 4.78 is 0. The molecule has 96 valence electrons. The molecule has 4 unspecified atom stereocenters. The quantitative estimate of drug-likeness (QED) is 0.881. The molecule has 0 bridgehead atoms. The zero-order valence-electron chi connectivity index (χ0n) is 11.2. The van der Waals surface area contributed by atoms with E-state index in [4.69, 9.17) is 5.73 Å². The molecule has 0 saturated carbocycles. The van der Waals surface area contributed by atoms with Crippen molar-refractivity contribution in [2.24, 2.45) is 11.7 Å². The number of nitrogens with two attached hydrogens (primary N) is 1. The Kier molecular flexibility index (Phi) is 3.85. The second-order valence-corrected chi connectivity index (χ2v) is 6.54. The highest BCUT2D eigenvalue weighted by molar-refractivity contribution is 7.11. The molecule has 1 aliphatic heterocycles. The third-order valence-electron chi connectivity index (χ3n) is 4.17. The minimum Gasteiger partial charge on any atom is -0.327 e. The van der Waals surface area contributed by atoms with Crippen LogP contribution in [0.1, 0.15) is 43.1 Å². The largest absolute Gasteiger partial charge is 0.327 e. The van der Waals surface area contributed by atoms with E-state index in [2.05, 4.69) is 37.6 Å². The highest BCUT2D eigenvalue weighted by atomic mass is 32.1. The van der Waals surface area contributed by atoms with Crippen LogP contribution >= 0.6 is 11.3 Å². The molecule has 4 atom stereocenters. The average molecular weight is 253 g/mol. The molecule has 1 aromatic rings. The van der Waals surface area contributed by atoms with Crippen molar-refractivity contribution in [3.05, 3.63) is 16.1 Å². The van der Waals surface area contributed by atoms with Gasteiger partial charge in [0.15, 0.2) is 0 Å². The molecule has 0 aromatic carbocycles. The molecule has 1 aromatic heterocycles. The highest BCUT2D eigenvalue weighted by Gasteiger charge is 2.33. The van der Waals surface area contributed by atoms with E-state index in [0.29, 0.717) is 24.0 Å². The first-order valence-electron chi connectivity index (χ1n) is 6.44. The minimum atomic E-state index is 0.353. The minimum absolute atomic E-state index is 0.353. The summed E-state index contributed by atoms with van der Waals surface area (Å²) in [5.41, 5.74) is 6.13. The van der Waals surface area contributed by atoms with Gasteiger partial charge in [0.1, 0.15) is 5.01 Å². The standard InChI is InChI=1S/C13H23N3S/c1-8-7-15-13(17-8)11(4)16-6-5-12(14)9(2)10(16)3/h7,9-12H,5-6,14H2,1-4H3. The predicted octanol–water partition coefficient (Wildman–Crippen LogP) is 2.57. The van der Waals surface area contributed by atoms with E-state index < -0.39 is 0 Å². The first-order chi connectivity index (χ1) is 8.00. The second kappa shape index (κ2) is 5.04. The molecule has 2 rings (SSSR count). The van der Waals surface area contributed by atoms with E-state index in [1.54, 1.807) is 0 Å². The molecule has 0 spiro atoms. The van der Waals surface area contributed by atoms with Crippen molar-refractivity contribution < 1.29 is 0 Å². The number of piperidine rings is 1. The maximum absolute atomic E-state index is 6.13. The summed E-state index contributed by atoms with van der Waals surface area (Å²) in [4.78, 5) is 8.36. The van der Waals surface area contributed by atoms with E-state index in [0.717, 1.165) is 13.0 Å². The van der Waals surface area contributed by atoms with Crippen molar-refractivity contribution in [3.63, 3.8) is 0 Å². The molecule has 0 amide bonds. The third-order valence-corrected chi connectivity index (χ3v) is 5.26. The van der Waals surface area contributed by atoms with Crippen molar-refractivity contribution in [1.29, 1.82) is 0 Å². The lowest BCUT2D eigenvalue weighted by Crippen LogP contribution is -2.52. The summed E-state index contributed by atoms with van der Waals surface area (Å²) in [5, 5.41) is 1.23. The van der Waals surface area contributed by atoms with Gasteiger partial charge < -0.3 is 5.73 Å². The fraction of sp³-hybridized carbons (Fsp3) is 0.769. The molecule has 0 aliphatic carbocycles. The number of thiazole rings is 1. The van der Waals surface area contributed by atoms with Crippen molar-refractivity contribution in [1.82, 2.24) is 9.88 Å². The first-order valence-corrected chi connectivity index (χ1v) is 7.26. The lowest BCUT2D eigenvalue weighted by Gasteiger charge is -2.43. The lowest BCUT2D eigenvalue weighted by molar-refractivity contribution is 0.0625. The van der Waals surface area contributed by atoms with Gasteiger partial charge in [0.25, 0.3) is 0 Å². The lowest BCUT2D eigenvalue weighted by atomic mass is 9.87. The zero-order chi connectivity index (χ0) is 12.6. The van der Waals surface area contributed by atoms with Crippen molar-refractivity contribution in [3.8, 4) is 0 Å². The van der Waals surface area contributed by atoms with Gasteiger partial charge in [-0.05, 0) is 33.1 Å². The van der Waals surface area contributed by atoms with Crippen LogP contribution in [0.25, 0.3) is 0 Å². The van der Waals surface area contributed by atoms with E-state index in [-0.39, 0.29) is 0 Å². The van der Waals surface area contributed by atoms with E-state index in [1.807, 2.05) is 17.5 Å². The van der Waals surface area contributed by atoms with Crippen LogP contribution in [0.3, 0.4) is 0 Å². The monoisotopic (exact) mass is 253 g/mol. The molecular formula is C13H23N3S. The Balaban J connectivity index is 2.12. The molecule has 2 N–H and O–H groups in total. The van der Waals surface area contributed by atoms with Gasteiger partial charge in [0.2, 0.25) is 0 Å². The molecule has 3 nitrogen and oxygen atoms in total. The molecule has 17 heavy (non-hydrogen) atoms. The molecule has 4 heteroatoms. The molecule has 1 aliphatic rings. The zero-order valence-corrected chi connectivity index (χ0v) is 12.0. The smallest absolute Gasteiger partial charge is 0.110 e. The van der Waals surface area contributed by atoms with Crippen LogP contribution in [0.2, 0.25) is 0 Å². The first kappa shape index (κ1) is 13.0. The fourth-order valence-electron chi connectivity index (χ4n) is 2.68. The topological polar surface area (TPSA) is 42.2 Å². The Morgan fingerprint density at radius 1 is 1.53 bits per heavy atom. The molecule has 1 fully saturated rings. The Hall–Kier alpha value is -0.450. The van der Waals surface area contributed by atoms with Gasteiger partial charge in [0.05, 0.1) is 6.04 Å². The number of aryl methyl sites for hydroxylation is 1. The third kappa shape index (κ3) is 2.54. The molecular weight excluding hydrogens is 230 g/mol. The van der Waals surface area contributed by atoms with Crippen LogP contribution in [0.4, 0.5) is 0 Å². The predicted molar refractivity (Wildman–Crippen MR) is 73.2 cm³/mol. The van der Waals surface area contributed by atoms with Gasteiger partial charge in [-0.1, -0.05) is 6.92 Å². The summed E-state index contributed by atoms with van der Waals surface area (Å²) >= 11 is 1.81. The van der Waals surface area contributed by atoms with Gasteiger partial charge in [-0.15, -0.1) is 11.3 Å². The van der Waals surface area contributed by atoms with Crippen LogP contribution in [0, 0.1) is 12.8 Å². The van der Waals surface area contributed by atoms with Crippen LogP contribution < -0.4 is 5.73 Å². The number of aromatic nitrogens is 1. The van der Waals surface area contributed by atoms with Crippen molar-refractivity contribution in [2.45, 2.75) is 52.2 Å². The van der Waals surface area contributed by atoms with Crippen molar-refractivity contribution >= 4 is 11.3 Å². The van der Waals surface area contributed by atoms with Crippen LogP contribution in [0.15, 0.2) is 6.20 Å². The van der Waals surface area contributed by atoms with Crippen LogP contribution in [-0.4, -0.2) is 28.5 Å². The van der Waals surface area contributed by atoms with E-state index in [1.165, 1.54) is 9.88 Å². The second-order valence-electron chi connectivity index (χ2n) is 5.28. The Morgan fingerprint density at radius 3 is 2.82 bits per heavy atom. The van der Waals surface area contributed by atoms with Gasteiger partial charge in [-0.25, -0.2) is 4.98 Å². The number of likely N-dealkylation sites (tertiary alicyclic amines) is 1. The van der Waals surface area contributed by atoms with E-state index >= 15 is 0 Å². The summed E-state index contributed by atoms with van der Waals surface area (Å²) in [6, 6.07) is 1.31. The maximum Gasteiger partial charge on any atom is 0.110 e. The highest BCUT2D eigenvalue weighted by Crippen LogP contribution is 2.32. The summed E-state index contributed by atoms with van der Waals surface area (Å²) in [6.07, 6.45) is 3.07. The number of hydrogen-bond donors (Lipinski definition) is 1. The molecule has 1 saturated heterocycles. The maximum atomic E-state index is 6.13. The van der Waals surface area contributed by atoms with Gasteiger partial charge in [-0.3, -0.25) is 4.90 Å². The van der Waals surface area contributed by atoms with Gasteiger partial charge in [0, 0.05) is 29.7 Å². The van der Waals surface area contributed by atoms with Crippen LogP contribution in [-0.2, 0) is 0 Å².